The molecule has 1 unspecified atom stereocenters. The maximum atomic E-state index is 13.4. The van der Waals surface area contributed by atoms with Gasteiger partial charge in [0.25, 0.3) is 5.78 Å². The van der Waals surface area contributed by atoms with E-state index in [0.717, 1.165) is 5.56 Å². The normalized spacial score (nSPS) is 16.5. The highest BCUT2D eigenvalue weighted by Crippen LogP contribution is 2.44. The van der Waals surface area contributed by atoms with Gasteiger partial charge in [-0.05, 0) is 23.3 Å². The number of hydrogen-bond donors (Lipinski definition) is 1. The van der Waals surface area contributed by atoms with Gasteiger partial charge in [-0.3, -0.25) is 14.5 Å². The molecule has 1 fully saturated rings. The molecule has 5 rings (SSSR count). The molecule has 0 spiro atoms. The first kappa shape index (κ1) is 25.4. The number of aliphatic hydroxyl groups excluding tert-OH is 1. The van der Waals surface area contributed by atoms with E-state index >= 15 is 0 Å². The molecule has 0 aliphatic carbocycles. The summed E-state index contributed by atoms with van der Waals surface area (Å²) in [4.78, 5) is 28.0. The van der Waals surface area contributed by atoms with Crippen LogP contribution in [0.4, 0.5) is 5.13 Å². The molecule has 3 aromatic carbocycles. The average Bonchev–Trinajstić information content (AvgIpc) is 3.53. The Hall–Kier alpha value is -4.21. The Bertz CT molecular complexity index is 1490. The minimum atomic E-state index is -0.886. The van der Waals surface area contributed by atoms with Gasteiger partial charge in [-0.2, -0.15) is 0 Å². The monoisotopic (exact) mass is 541 g/mol. The number of ether oxygens (including phenoxy) is 1. The van der Waals surface area contributed by atoms with Crippen molar-refractivity contribution in [1.29, 1.82) is 0 Å². The van der Waals surface area contributed by atoms with Crippen LogP contribution in [-0.4, -0.2) is 33.6 Å². The highest BCUT2D eigenvalue weighted by Gasteiger charge is 2.48. The second-order valence-electron chi connectivity index (χ2n) is 8.33. The summed E-state index contributed by atoms with van der Waals surface area (Å²) in [6, 6.07) is 24.8. The molecule has 1 aliphatic rings. The van der Waals surface area contributed by atoms with Crippen molar-refractivity contribution in [3.63, 3.8) is 0 Å². The molecule has 0 radical (unpaired) electrons. The summed E-state index contributed by atoms with van der Waals surface area (Å²) < 4.78 is 6.25. The first-order valence-electron chi connectivity index (χ1n) is 11.8. The van der Waals surface area contributed by atoms with Gasteiger partial charge in [-0.25, -0.2) is 0 Å². The highest BCUT2D eigenvalue weighted by molar-refractivity contribution is 8.00. The fraction of sp³-hybridized carbons (Fsp3) is 0.103. The molecule has 2 heterocycles. The molecule has 4 aromatic rings. The maximum absolute atomic E-state index is 13.4. The molecule has 1 amide bonds. The van der Waals surface area contributed by atoms with E-state index in [-0.39, 0.29) is 16.5 Å². The van der Waals surface area contributed by atoms with E-state index in [4.69, 9.17) is 4.74 Å². The molecule has 7 nitrogen and oxygen atoms in total. The van der Waals surface area contributed by atoms with Crippen LogP contribution in [0.5, 0.6) is 5.75 Å². The number of carbonyl (C=O) groups excluding carboxylic acids is 2. The van der Waals surface area contributed by atoms with Crippen molar-refractivity contribution in [2.45, 2.75) is 16.1 Å². The lowest BCUT2D eigenvalue weighted by Gasteiger charge is -2.22. The zero-order valence-corrected chi connectivity index (χ0v) is 21.8. The summed E-state index contributed by atoms with van der Waals surface area (Å²) in [5.74, 6) is -0.485. The van der Waals surface area contributed by atoms with Gasteiger partial charge in [-0.15, -0.1) is 10.2 Å². The van der Waals surface area contributed by atoms with E-state index in [0.29, 0.717) is 33.6 Å². The zero-order chi connectivity index (χ0) is 26.5. The zero-order valence-electron chi connectivity index (χ0n) is 20.2. The van der Waals surface area contributed by atoms with Gasteiger partial charge in [0.2, 0.25) is 5.13 Å². The van der Waals surface area contributed by atoms with Gasteiger partial charge in [0, 0.05) is 11.3 Å². The lowest BCUT2D eigenvalue weighted by Crippen LogP contribution is -2.29. The van der Waals surface area contributed by atoms with Crippen molar-refractivity contribution in [1.82, 2.24) is 10.2 Å². The molecule has 1 aromatic heterocycles. The largest absolute Gasteiger partial charge is 0.507 e. The third-order valence-electron chi connectivity index (χ3n) is 5.86. The number of hydrogen-bond acceptors (Lipinski definition) is 8. The average molecular weight is 542 g/mol. The van der Waals surface area contributed by atoms with Gasteiger partial charge in [0.1, 0.15) is 18.1 Å². The van der Waals surface area contributed by atoms with Crippen LogP contribution in [0.3, 0.4) is 0 Å². The van der Waals surface area contributed by atoms with Crippen molar-refractivity contribution in [3.8, 4) is 5.75 Å². The first-order chi connectivity index (χ1) is 18.6. The standard InChI is InChI=1S/C29H23N3O4S2/c1-2-17-36-22-15-13-20(14-16-22)24-23(25(33)21-11-7-4-8-12-21)26(34)27(35)32(24)28-30-31-29(38-28)37-18-19-9-5-3-6-10-19/h2-16,24,33H,1,17-18H2/b25-23-. The topological polar surface area (TPSA) is 92.6 Å². The van der Waals surface area contributed by atoms with Crippen LogP contribution < -0.4 is 9.64 Å². The number of ketones is 1. The van der Waals surface area contributed by atoms with Crippen molar-refractivity contribution >= 4 is 45.7 Å². The number of aliphatic hydroxyl groups is 1. The SMILES string of the molecule is C=CCOc1ccc(C2/C(=C(/O)c3ccccc3)C(=O)C(=O)N2c2nnc(SCc3ccccc3)s2)cc1. The maximum Gasteiger partial charge on any atom is 0.301 e. The fourth-order valence-corrected chi connectivity index (χ4v) is 5.90. The minimum Gasteiger partial charge on any atom is -0.507 e. The number of anilines is 1. The summed E-state index contributed by atoms with van der Waals surface area (Å²) in [7, 11) is 0. The van der Waals surface area contributed by atoms with Crippen LogP contribution in [0.2, 0.25) is 0 Å². The smallest absolute Gasteiger partial charge is 0.301 e. The van der Waals surface area contributed by atoms with Gasteiger partial charge < -0.3 is 9.84 Å². The van der Waals surface area contributed by atoms with Crippen LogP contribution in [-0.2, 0) is 15.3 Å². The summed E-state index contributed by atoms with van der Waals surface area (Å²) in [6.45, 7) is 4.00. The summed E-state index contributed by atoms with van der Waals surface area (Å²) in [6.07, 6.45) is 1.64. The third-order valence-corrected chi connectivity index (χ3v) is 7.99. The lowest BCUT2D eigenvalue weighted by atomic mass is 9.95. The number of Topliss-reactive ketones (excluding diaryl/α,β-unsaturated/α-hetero) is 1. The van der Waals surface area contributed by atoms with Gasteiger partial charge in [0.05, 0.1) is 11.6 Å². The Labute approximate surface area is 228 Å². The van der Waals surface area contributed by atoms with Crippen LogP contribution in [0.25, 0.3) is 5.76 Å². The van der Waals surface area contributed by atoms with E-state index in [1.54, 1.807) is 54.6 Å². The molecule has 190 valence electrons. The van der Waals surface area contributed by atoms with Crippen LogP contribution in [0, 0.1) is 0 Å². The molecule has 1 atom stereocenters. The summed E-state index contributed by atoms with van der Waals surface area (Å²) >= 11 is 2.73. The molecule has 0 saturated carbocycles. The van der Waals surface area contributed by atoms with E-state index in [9.17, 15) is 14.7 Å². The van der Waals surface area contributed by atoms with E-state index in [1.165, 1.54) is 28.0 Å². The second-order valence-corrected chi connectivity index (χ2v) is 10.5. The Kier molecular flexibility index (Phi) is 7.67. The van der Waals surface area contributed by atoms with Crippen molar-refractivity contribution in [3.05, 3.63) is 120 Å². The van der Waals surface area contributed by atoms with Crippen LogP contribution in [0.1, 0.15) is 22.7 Å². The predicted molar refractivity (Wildman–Crippen MR) is 149 cm³/mol. The van der Waals surface area contributed by atoms with E-state index in [2.05, 4.69) is 16.8 Å². The van der Waals surface area contributed by atoms with Gasteiger partial charge >= 0.3 is 5.91 Å². The number of amides is 1. The first-order valence-corrected chi connectivity index (χ1v) is 13.6. The predicted octanol–water partition coefficient (Wildman–Crippen LogP) is 6.02. The van der Waals surface area contributed by atoms with Crippen LogP contribution >= 0.6 is 23.1 Å². The van der Waals surface area contributed by atoms with Crippen molar-refractivity contribution in [2.75, 3.05) is 11.5 Å². The molecule has 9 heteroatoms. The van der Waals surface area contributed by atoms with Gasteiger partial charge in [-0.1, -0.05) is 109 Å². The quantitative estimate of drug-likeness (QED) is 0.0692. The molecule has 38 heavy (non-hydrogen) atoms. The molecular weight excluding hydrogens is 518 g/mol. The fourth-order valence-electron chi connectivity index (χ4n) is 4.08. The Balaban J connectivity index is 1.53. The molecular formula is C29H23N3O4S2. The number of nitrogens with zero attached hydrogens (tertiary/aromatic N) is 3. The number of carbonyl (C=O) groups is 2. The Morgan fingerprint density at radius 2 is 1.68 bits per heavy atom. The van der Waals surface area contributed by atoms with Crippen LogP contribution in [0.15, 0.2) is 107 Å². The van der Waals surface area contributed by atoms with Gasteiger partial charge in [0.15, 0.2) is 4.34 Å². The molecule has 0 bridgehead atoms. The second kappa shape index (κ2) is 11.5. The summed E-state index contributed by atoms with van der Waals surface area (Å²) in [5, 5.41) is 20.0. The van der Waals surface area contributed by atoms with E-state index < -0.39 is 17.7 Å². The number of thioether (sulfide) groups is 1. The number of aromatic nitrogens is 2. The van der Waals surface area contributed by atoms with Crippen molar-refractivity contribution < 1.29 is 19.4 Å². The molecule has 1 N–H and O–H groups in total. The van der Waals surface area contributed by atoms with E-state index in [1.807, 2.05) is 36.4 Å². The Morgan fingerprint density at radius 3 is 2.37 bits per heavy atom. The Morgan fingerprint density at radius 1 is 1.00 bits per heavy atom. The summed E-state index contributed by atoms with van der Waals surface area (Å²) in [5.41, 5.74) is 2.20. The number of benzene rings is 3. The number of rotatable bonds is 9. The highest BCUT2D eigenvalue weighted by atomic mass is 32.2. The third kappa shape index (κ3) is 5.25. The van der Waals surface area contributed by atoms with Crippen molar-refractivity contribution in [2.24, 2.45) is 0 Å². The minimum absolute atomic E-state index is 0.00496. The molecule has 1 saturated heterocycles. The lowest BCUT2D eigenvalue weighted by molar-refractivity contribution is -0.132. The molecule has 1 aliphatic heterocycles.